The van der Waals surface area contributed by atoms with Crippen LogP contribution in [0.2, 0.25) is 0 Å². The van der Waals surface area contributed by atoms with Gasteiger partial charge in [0, 0.05) is 18.2 Å². The number of morpholine rings is 1. The van der Waals surface area contributed by atoms with Crippen LogP contribution in [0.5, 0.6) is 0 Å². The lowest BCUT2D eigenvalue weighted by Crippen LogP contribution is -2.53. The average molecular weight is 284 g/mol. The van der Waals surface area contributed by atoms with E-state index in [-0.39, 0.29) is 23.9 Å². The number of hydrogen-bond donors (Lipinski definition) is 2. The Bertz CT molecular complexity index is 456. The molecule has 2 rings (SSSR count). The number of carbonyl (C=O) groups is 1. The Balaban J connectivity index is 1.91. The van der Waals surface area contributed by atoms with Crippen LogP contribution in [0.15, 0.2) is 18.2 Å². The van der Waals surface area contributed by atoms with Gasteiger partial charge in [0.1, 0.15) is 17.7 Å². The number of carbonyl (C=O) groups excluding carboxylic acids is 1. The summed E-state index contributed by atoms with van der Waals surface area (Å²) in [5.41, 5.74) is -0.00634. The molecule has 1 amide bonds. The summed E-state index contributed by atoms with van der Waals surface area (Å²) in [5.74, 6) is -1.40. The molecule has 0 bridgehead atoms. The van der Waals surface area contributed by atoms with Crippen molar-refractivity contribution < 1.29 is 18.3 Å². The summed E-state index contributed by atoms with van der Waals surface area (Å²) in [6.07, 6.45) is 0.109. The first kappa shape index (κ1) is 14.9. The fourth-order valence-electron chi connectivity index (χ4n) is 2.16. The van der Waals surface area contributed by atoms with Crippen molar-refractivity contribution in [3.8, 4) is 0 Å². The van der Waals surface area contributed by atoms with Crippen LogP contribution < -0.4 is 10.6 Å². The van der Waals surface area contributed by atoms with Crippen LogP contribution in [-0.2, 0) is 16.0 Å². The minimum atomic E-state index is -0.592. The first-order valence-electron chi connectivity index (χ1n) is 6.62. The molecule has 2 N–H and O–H groups in total. The summed E-state index contributed by atoms with van der Waals surface area (Å²) >= 11 is 0. The minimum Gasteiger partial charge on any atom is -0.378 e. The lowest BCUT2D eigenvalue weighted by molar-refractivity contribution is -0.126. The summed E-state index contributed by atoms with van der Waals surface area (Å²) in [7, 11) is 0. The van der Waals surface area contributed by atoms with Gasteiger partial charge in [-0.15, -0.1) is 0 Å². The minimum absolute atomic E-state index is 0.00634. The Morgan fingerprint density at radius 1 is 1.50 bits per heavy atom. The Morgan fingerprint density at radius 3 is 2.80 bits per heavy atom. The van der Waals surface area contributed by atoms with Crippen LogP contribution in [0, 0.1) is 11.6 Å². The van der Waals surface area contributed by atoms with E-state index in [4.69, 9.17) is 4.74 Å². The molecule has 1 aromatic carbocycles. The first-order chi connectivity index (χ1) is 9.58. The molecular formula is C14H18F2N2O2. The van der Waals surface area contributed by atoms with Gasteiger partial charge in [-0.2, -0.15) is 0 Å². The summed E-state index contributed by atoms with van der Waals surface area (Å²) in [6, 6.07) is 2.97. The molecule has 1 heterocycles. The number of hydrogen-bond acceptors (Lipinski definition) is 3. The molecule has 6 heteroatoms. The molecule has 0 spiro atoms. The maximum absolute atomic E-state index is 13.5. The van der Waals surface area contributed by atoms with Gasteiger partial charge in [0.15, 0.2) is 0 Å². The average Bonchev–Trinajstić information content (AvgIpc) is 2.44. The van der Waals surface area contributed by atoms with E-state index in [0.29, 0.717) is 19.8 Å². The van der Waals surface area contributed by atoms with Crippen LogP contribution in [0.1, 0.15) is 12.5 Å². The van der Waals surface area contributed by atoms with E-state index >= 15 is 0 Å². The second-order valence-electron chi connectivity index (χ2n) is 4.90. The third-order valence-corrected chi connectivity index (χ3v) is 3.20. The van der Waals surface area contributed by atoms with Gasteiger partial charge in [-0.25, -0.2) is 8.78 Å². The van der Waals surface area contributed by atoms with Gasteiger partial charge < -0.3 is 15.4 Å². The van der Waals surface area contributed by atoms with E-state index < -0.39 is 17.7 Å². The highest BCUT2D eigenvalue weighted by molar-refractivity contribution is 5.82. The van der Waals surface area contributed by atoms with E-state index in [1.807, 2.05) is 0 Å². The fourth-order valence-corrected chi connectivity index (χ4v) is 2.16. The molecule has 4 nitrogen and oxygen atoms in total. The number of rotatable bonds is 4. The van der Waals surface area contributed by atoms with Crippen molar-refractivity contribution in [3.05, 3.63) is 35.4 Å². The monoisotopic (exact) mass is 284 g/mol. The van der Waals surface area contributed by atoms with Crippen molar-refractivity contribution >= 4 is 5.91 Å². The largest absolute Gasteiger partial charge is 0.378 e. The van der Waals surface area contributed by atoms with E-state index in [1.165, 1.54) is 18.2 Å². The number of halogens is 2. The maximum Gasteiger partial charge on any atom is 0.239 e. The number of amides is 1. The molecule has 1 saturated heterocycles. The predicted octanol–water partition coefficient (Wildman–Crippen LogP) is 1.00. The third kappa shape index (κ3) is 3.74. The van der Waals surface area contributed by atoms with E-state index in [2.05, 4.69) is 10.6 Å². The molecule has 1 aliphatic heterocycles. The lowest BCUT2D eigenvalue weighted by Gasteiger charge is -2.25. The van der Waals surface area contributed by atoms with Gasteiger partial charge in [-0.3, -0.25) is 4.79 Å². The van der Waals surface area contributed by atoms with Crippen molar-refractivity contribution in [1.29, 1.82) is 0 Å². The van der Waals surface area contributed by atoms with Crippen molar-refractivity contribution in [3.63, 3.8) is 0 Å². The SMILES string of the molecule is CC(Cc1c(F)cccc1F)NC(=O)C1COCCN1. The molecule has 110 valence electrons. The molecular weight excluding hydrogens is 266 g/mol. The highest BCUT2D eigenvalue weighted by Gasteiger charge is 2.23. The quantitative estimate of drug-likeness (QED) is 0.867. The van der Waals surface area contributed by atoms with Gasteiger partial charge in [-0.05, 0) is 25.5 Å². The molecule has 0 radical (unpaired) electrons. The molecule has 0 aromatic heterocycles. The van der Waals surface area contributed by atoms with E-state index in [1.54, 1.807) is 6.92 Å². The van der Waals surface area contributed by atoms with Gasteiger partial charge in [-0.1, -0.05) is 6.07 Å². The number of ether oxygens (including phenoxy) is 1. The Morgan fingerprint density at radius 2 is 2.20 bits per heavy atom. The van der Waals surface area contributed by atoms with Crippen molar-refractivity contribution in [1.82, 2.24) is 10.6 Å². The van der Waals surface area contributed by atoms with Gasteiger partial charge in [0.25, 0.3) is 0 Å². The Labute approximate surface area is 116 Å². The predicted molar refractivity (Wildman–Crippen MR) is 70.3 cm³/mol. The number of nitrogens with one attached hydrogen (secondary N) is 2. The molecule has 20 heavy (non-hydrogen) atoms. The van der Waals surface area contributed by atoms with Crippen molar-refractivity contribution in [2.24, 2.45) is 0 Å². The maximum atomic E-state index is 13.5. The van der Waals surface area contributed by atoms with Crippen LogP contribution in [0.4, 0.5) is 8.78 Å². The molecule has 0 aliphatic carbocycles. The highest BCUT2D eigenvalue weighted by atomic mass is 19.1. The second-order valence-corrected chi connectivity index (χ2v) is 4.90. The van der Waals surface area contributed by atoms with Crippen LogP contribution in [-0.4, -0.2) is 37.7 Å². The van der Waals surface area contributed by atoms with E-state index in [9.17, 15) is 13.6 Å². The molecule has 1 fully saturated rings. The Kier molecular flexibility index (Phi) is 5.03. The van der Waals surface area contributed by atoms with Crippen LogP contribution in [0.3, 0.4) is 0 Å². The summed E-state index contributed by atoms with van der Waals surface area (Å²) in [4.78, 5) is 11.9. The van der Waals surface area contributed by atoms with Crippen molar-refractivity contribution in [2.45, 2.75) is 25.4 Å². The molecule has 2 unspecified atom stereocenters. The van der Waals surface area contributed by atoms with Crippen LogP contribution in [0.25, 0.3) is 0 Å². The molecule has 1 aliphatic rings. The molecule has 0 saturated carbocycles. The zero-order valence-corrected chi connectivity index (χ0v) is 11.3. The standard InChI is InChI=1S/C14H18F2N2O2/c1-9(7-10-11(15)3-2-4-12(10)16)18-14(19)13-8-20-6-5-17-13/h2-4,9,13,17H,5-8H2,1H3,(H,18,19). The van der Waals surface area contributed by atoms with Gasteiger partial charge >= 0.3 is 0 Å². The molecule has 2 atom stereocenters. The normalized spacial score (nSPS) is 20.4. The smallest absolute Gasteiger partial charge is 0.239 e. The summed E-state index contributed by atoms with van der Waals surface area (Å²) in [6.45, 7) is 3.23. The van der Waals surface area contributed by atoms with Gasteiger partial charge in [0.05, 0.1) is 13.2 Å². The Hall–Kier alpha value is -1.53. The topological polar surface area (TPSA) is 50.4 Å². The lowest BCUT2D eigenvalue weighted by atomic mass is 10.1. The summed E-state index contributed by atoms with van der Waals surface area (Å²) < 4.78 is 32.2. The molecule has 1 aromatic rings. The first-order valence-corrected chi connectivity index (χ1v) is 6.62. The second kappa shape index (κ2) is 6.76. The zero-order valence-electron chi connectivity index (χ0n) is 11.3. The highest BCUT2D eigenvalue weighted by Crippen LogP contribution is 2.14. The fraction of sp³-hybridized carbons (Fsp3) is 0.500. The van der Waals surface area contributed by atoms with E-state index in [0.717, 1.165) is 0 Å². The van der Waals surface area contributed by atoms with Crippen molar-refractivity contribution in [2.75, 3.05) is 19.8 Å². The third-order valence-electron chi connectivity index (χ3n) is 3.20. The number of benzene rings is 1. The summed E-state index contributed by atoms with van der Waals surface area (Å²) in [5, 5.41) is 5.76. The van der Waals surface area contributed by atoms with Gasteiger partial charge in [0.2, 0.25) is 5.91 Å². The zero-order chi connectivity index (χ0) is 14.5. The van der Waals surface area contributed by atoms with Crippen LogP contribution >= 0.6 is 0 Å².